The Labute approximate surface area is 68.0 Å². The van der Waals surface area contributed by atoms with Crippen molar-refractivity contribution >= 4 is 5.91 Å². The molecular formula is C9H15NO. The van der Waals surface area contributed by atoms with E-state index in [1.54, 1.807) is 6.08 Å². The monoisotopic (exact) mass is 153 g/mol. The molecule has 1 fully saturated rings. The van der Waals surface area contributed by atoms with Crippen LogP contribution in [0.25, 0.3) is 0 Å². The van der Waals surface area contributed by atoms with Gasteiger partial charge in [-0.3, -0.25) is 4.79 Å². The highest BCUT2D eigenvalue weighted by atomic mass is 16.1. The lowest BCUT2D eigenvalue weighted by atomic mass is 10.4. The Kier molecular flexibility index (Phi) is 5.17. The van der Waals surface area contributed by atoms with E-state index in [1.807, 2.05) is 6.92 Å². The maximum atomic E-state index is 10.1. The standard InChI is InChI=1S/C5H8.C4H7NO/c1-4-5(2)3;6-4-2-1-3-5-4/h4H,1-2H2,3H3;1-3H2,(H,5,6). The molecule has 0 aromatic carbocycles. The zero-order chi connectivity index (χ0) is 8.69. The molecule has 1 aliphatic rings. The highest BCUT2D eigenvalue weighted by molar-refractivity contribution is 5.77. The zero-order valence-corrected chi connectivity index (χ0v) is 7.02. The lowest BCUT2D eigenvalue weighted by molar-refractivity contribution is -0.119. The molecule has 1 rings (SSSR count). The normalized spacial score (nSPS) is 14.5. The van der Waals surface area contributed by atoms with E-state index >= 15 is 0 Å². The Hall–Kier alpha value is -1.05. The Balaban J connectivity index is 0.000000187. The van der Waals surface area contributed by atoms with Gasteiger partial charge in [0.1, 0.15) is 0 Å². The van der Waals surface area contributed by atoms with Crippen LogP contribution in [-0.4, -0.2) is 12.5 Å². The van der Waals surface area contributed by atoms with Gasteiger partial charge in [0.2, 0.25) is 5.91 Å². The predicted octanol–water partition coefficient (Wildman–Crippen LogP) is 1.64. The molecule has 1 heterocycles. The second kappa shape index (κ2) is 5.71. The van der Waals surface area contributed by atoms with Gasteiger partial charge in [0, 0.05) is 13.0 Å². The van der Waals surface area contributed by atoms with Gasteiger partial charge in [0.25, 0.3) is 0 Å². The summed E-state index contributed by atoms with van der Waals surface area (Å²) < 4.78 is 0. The third-order valence-corrected chi connectivity index (χ3v) is 1.25. The molecule has 0 atom stereocenters. The molecule has 62 valence electrons. The summed E-state index contributed by atoms with van der Waals surface area (Å²) in [4.78, 5) is 10.1. The zero-order valence-electron chi connectivity index (χ0n) is 7.02. The van der Waals surface area contributed by atoms with Crippen molar-refractivity contribution in [2.75, 3.05) is 6.54 Å². The van der Waals surface area contributed by atoms with Gasteiger partial charge in [-0.25, -0.2) is 0 Å². The van der Waals surface area contributed by atoms with Gasteiger partial charge in [-0.1, -0.05) is 24.8 Å². The van der Waals surface area contributed by atoms with Gasteiger partial charge in [-0.05, 0) is 13.3 Å². The summed E-state index contributed by atoms with van der Waals surface area (Å²) in [6, 6.07) is 0. The number of carbonyl (C=O) groups is 1. The summed E-state index contributed by atoms with van der Waals surface area (Å²) >= 11 is 0. The topological polar surface area (TPSA) is 29.1 Å². The van der Waals surface area contributed by atoms with Crippen LogP contribution in [-0.2, 0) is 4.79 Å². The van der Waals surface area contributed by atoms with Gasteiger partial charge in [-0.2, -0.15) is 0 Å². The fourth-order valence-corrected chi connectivity index (χ4v) is 0.565. The van der Waals surface area contributed by atoms with E-state index in [0.717, 1.165) is 25.0 Å². The van der Waals surface area contributed by atoms with Crippen LogP contribution in [0, 0.1) is 0 Å². The van der Waals surface area contributed by atoms with Crippen molar-refractivity contribution in [3.05, 3.63) is 24.8 Å². The number of hydrogen-bond acceptors (Lipinski definition) is 1. The molecule has 0 aliphatic carbocycles. The Bertz CT molecular complexity index is 153. The number of rotatable bonds is 1. The molecule has 11 heavy (non-hydrogen) atoms. The number of hydrogen-bond donors (Lipinski definition) is 1. The Morgan fingerprint density at radius 2 is 2.27 bits per heavy atom. The van der Waals surface area contributed by atoms with Crippen LogP contribution in [0.15, 0.2) is 24.8 Å². The van der Waals surface area contributed by atoms with E-state index in [1.165, 1.54) is 0 Å². The maximum absolute atomic E-state index is 10.1. The predicted molar refractivity (Wildman–Crippen MR) is 47.3 cm³/mol. The molecule has 0 unspecified atom stereocenters. The molecule has 0 radical (unpaired) electrons. The van der Waals surface area contributed by atoms with Crippen LogP contribution >= 0.6 is 0 Å². The summed E-state index contributed by atoms with van der Waals surface area (Å²) in [5, 5.41) is 2.68. The van der Waals surface area contributed by atoms with Crippen molar-refractivity contribution in [2.24, 2.45) is 0 Å². The van der Waals surface area contributed by atoms with Gasteiger partial charge in [0.15, 0.2) is 0 Å². The largest absolute Gasteiger partial charge is 0.356 e. The van der Waals surface area contributed by atoms with Crippen LogP contribution in [0.4, 0.5) is 0 Å². The van der Waals surface area contributed by atoms with Crippen molar-refractivity contribution in [3.8, 4) is 0 Å². The second-order valence-corrected chi connectivity index (χ2v) is 2.50. The number of nitrogens with one attached hydrogen (secondary N) is 1. The van der Waals surface area contributed by atoms with Crippen molar-refractivity contribution in [1.82, 2.24) is 5.32 Å². The minimum atomic E-state index is 0.204. The van der Waals surface area contributed by atoms with Gasteiger partial charge in [-0.15, -0.1) is 0 Å². The molecule has 2 nitrogen and oxygen atoms in total. The number of allylic oxidation sites excluding steroid dienone is 2. The molecule has 1 aliphatic heterocycles. The number of carbonyl (C=O) groups excluding carboxylic acids is 1. The quantitative estimate of drug-likeness (QED) is 0.570. The van der Waals surface area contributed by atoms with E-state index in [4.69, 9.17) is 0 Å². The van der Waals surface area contributed by atoms with E-state index in [0.29, 0.717) is 0 Å². The average Bonchev–Trinajstić information content (AvgIpc) is 2.41. The maximum Gasteiger partial charge on any atom is 0.220 e. The summed E-state index contributed by atoms with van der Waals surface area (Å²) in [7, 11) is 0. The van der Waals surface area contributed by atoms with Crippen LogP contribution in [0.1, 0.15) is 19.8 Å². The van der Waals surface area contributed by atoms with E-state index < -0.39 is 0 Å². The van der Waals surface area contributed by atoms with Gasteiger partial charge in [0.05, 0.1) is 0 Å². The summed E-state index contributed by atoms with van der Waals surface area (Å²) in [5.74, 6) is 0.204. The van der Waals surface area contributed by atoms with E-state index in [2.05, 4.69) is 18.5 Å². The first-order valence-corrected chi connectivity index (χ1v) is 3.71. The molecule has 0 bridgehead atoms. The minimum absolute atomic E-state index is 0.204. The number of amides is 1. The van der Waals surface area contributed by atoms with Crippen LogP contribution in [0.3, 0.4) is 0 Å². The van der Waals surface area contributed by atoms with Crippen LogP contribution in [0.2, 0.25) is 0 Å². The minimum Gasteiger partial charge on any atom is -0.356 e. The van der Waals surface area contributed by atoms with Gasteiger partial charge < -0.3 is 5.32 Å². The molecule has 1 N–H and O–H groups in total. The third kappa shape index (κ3) is 6.84. The molecule has 0 spiro atoms. The third-order valence-electron chi connectivity index (χ3n) is 1.25. The molecule has 0 saturated carbocycles. The van der Waals surface area contributed by atoms with E-state index in [-0.39, 0.29) is 5.91 Å². The average molecular weight is 153 g/mol. The first-order chi connectivity index (χ1) is 5.16. The highest BCUT2D eigenvalue weighted by Gasteiger charge is 2.05. The SMILES string of the molecule is C=CC(=C)C.O=C1CCCN1. The molecule has 2 heteroatoms. The molecule has 1 amide bonds. The van der Waals surface area contributed by atoms with Crippen molar-refractivity contribution in [1.29, 1.82) is 0 Å². The van der Waals surface area contributed by atoms with Crippen molar-refractivity contribution in [3.63, 3.8) is 0 Å². The van der Waals surface area contributed by atoms with Crippen molar-refractivity contribution in [2.45, 2.75) is 19.8 Å². The first kappa shape index (κ1) is 9.95. The fourth-order valence-electron chi connectivity index (χ4n) is 0.565. The lowest BCUT2D eigenvalue weighted by Crippen LogP contribution is -2.12. The Morgan fingerprint density at radius 3 is 2.36 bits per heavy atom. The van der Waals surface area contributed by atoms with Crippen molar-refractivity contribution < 1.29 is 4.79 Å². The van der Waals surface area contributed by atoms with Crippen LogP contribution < -0.4 is 5.32 Å². The first-order valence-electron chi connectivity index (χ1n) is 3.71. The smallest absolute Gasteiger partial charge is 0.220 e. The molecule has 0 aromatic rings. The summed E-state index contributed by atoms with van der Waals surface area (Å²) in [5.41, 5.74) is 1.02. The van der Waals surface area contributed by atoms with Crippen LogP contribution in [0.5, 0.6) is 0 Å². The van der Waals surface area contributed by atoms with Gasteiger partial charge >= 0.3 is 0 Å². The Morgan fingerprint density at radius 1 is 1.73 bits per heavy atom. The molecule has 1 saturated heterocycles. The molecule has 0 aromatic heterocycles. The highest BCUT2D eigenvalue weighted by Crippen LogP contribution is 1.93. The molecular weight excluding hydrogens is 138 g/mol. The summed E-state index contributed by atoms with van der Waals surface area (Å²) in [6.45, 7) is 9.81. The fraction of sp³-hybridized carbons (Fsp3) is 0.444. The summed E-state index contributed by atoms with van der Waals surface area (Å²) in [6.07, 6.45) is 3.48. The second-order valence-electron chi connectivity index (χ2n) is 2.50. The lowest BCUT2D eigenvalue weighted by Gasteiger charge is -1.80. The van der Waals surface area contributed by atoms with E-state index in [9.17, 15) is 4.79 Å².